The van der Waals surface area contributed by atoms with Crippen LogP contribution in [-0.4, -0.2) is 25.8 Å². The lowest BCUT2D eigenvalue weighted by molar-refractivity contribution is 0.281. The third kappa shape index (κ3) is 2.71. The van der Waals surface area contributed by atoms with Crippen LogP contribution in [0, 0.1) is 12.8 Å². The first-order chi connectivity index (χ1) is 8.41. The summed E-state index contributed by atoms with van der Waals surface area (Å²) in [5, 5.41) is 0.598. The highest BCUT2D eigenvalue weighted by Crippen LogP contribution is 2.25. The van der Waals surface area contributed by atoms with Gasteiger partial charge in [-0.2, -0.15) is 4.31 Å². The van der Waals surface area contributed by atoms with Crippen LogP contribution in [0.2, 0.25) is 5.02 Å². The number of halogens is 1. The van der Waals surface area contributed by atoms with E-state index < -0.39 is 10.0 Å². The van der Waals surface area contributed by atoms with E-state index >= 15 is 0 Å². The largest absolute Gasteiger partial charge is 0.243 e. The summed E-state index contributed by atoms with van der Waals surface area (Å²) in [4.78, 5) is 0.346. The number of hydrogen-bond donors (Lipinski definition) is 0. The second-order valence-electron chi connectivity index (χ2n) is 5.02. The number of piperidine rings is 1. The van der Waals surface area contributed by atoms with E-state index in [-0.39, 0.29) is 0 Å². The van der Waals surface area contributed by atoms with E-state index in [0.29, 0.717) is 28.9 Å². The van der Waals surface area contributed by atoms with Gasteiger partial charge in [0.15, 0.2) is 0 Å². The van der Waals surface area contributed by atoms with E-state index in [1.54, 1.807) is 22.5 Å². The Kier molecular flexibility index (Phi) is 3.99. The van der Waals surface area contributed by atoms with Gasteiger partial charge in [0.1, 0.15) is 0 Å². The van der Waals surface area contributed by atoms with Gasteiger partial charge in [-0.05, 0) is 49.4 Å². The van der Waals surface area contributed by atoms with E-state index in [4.69, 9.17) is 11.6 Å². The fourth-order valence-electron chi connectivity index (χ4n) is 2.29. The predicted molar refractivity (Wildman–Crippen MR) is 73.3 cm³/mol. The maximum Gasteiger partial charge on any atom is 0.243 e. The van der Waals surface area contributed by atoms with Crippen molar-refractivity contribution in [2.24, 2.45) is 5.92 Å². The molecule has 3 nitrogen and oxygen atoms in total. The van der Waals surface area contributed by atoms with Crippen molar-refractivity contribution < 1.29 is 8.42 Å². The molecule has 1 unspecified atom stereocenters. The van der Waals surface area contributed by atoms with Gasteiger partial charge in [0, 0.05) is 18.1 Å². The van der Waals surface area contributed by atoms with Gasteiger partial charge in [0.25, 0.3) is 0 Å². The van der Waals surface area contributed by atoms with E-state index in [1.807, 2.05) is 6.92 Å². The number of nitrogens with zero attached hydrogens (tertiary/aromatic N) is 1. The first-order valence-corrected chi connectivity index (χ1v) is 7.99. The standard InChI is InChI=1S/C13H18ClNO2S/c1-10-4-3-7-15(9-10)18(16,17)12-5-6-13(14)11(2)8-12/h5-6,8,10H,3-4,7,9H2,1-2H3. The Balaban J connectivity index is 2.32. The molecule has 0 aliphatic carbocycles. The number of benzene rings is 1. The Labute approximate surface area is 114 Å². The molecule has 1 fully saturated rings. The van der Waals surface area contributed by atoms with Crippen molar-refractivity contribution in [1.29, 1.82) is 0 Å². The fourth-order valence-corrected chi connectivity index (χ4v) is 4.09. The quantitative estimate of drug-likeness (QED) is 0.838. The van der Waals surface area contributed by atoms with Crippen molar-refractivity contribution in [2.45, 2.75) is 31.6 Å². The summed E-state index contributed by atoms with van der Waals surface area (Å²) in [6.07, 6.45) is 2.04. The Hall–Kier alpha value is -0.580. The molecule has 1 saturated heterocycles. The first kappa shape index (κ1) is 13.8. The molecule has 0 saturated carbocycles. The van der Waals surface area contributed by atoms with E-state index in [9.17, 15) is 8.42 Å². The molecule has 1 atom stereocenters. The van der Waals surface area contributed by atoms with Gasteiger partial charge >= 0.3 is 0 Å². The van der Waals surface area contributed by atoms with E-state index in [2.05, 4.69) is 6.92 Å². The molecule has 5 heteroatoms. The molecule has 1 aromatic carbocycles. The van der Waals surface area contributed by atoms with Gasteiger partial charge in [-0.3, -0.25) is 0 Å². The average Bonchev–Trinajstić information content (AvgIpc) is 2.32. The van der Waals surface area contributed by atoms with Crippen molar-refractivity contribution in [2.75, 3.05) is 13.1 Å². The Morgan fingerprint density at radius 2 is 2.11 bits per heavy atom. The SMILES string of the molecule is Cc1cc(S(=O)(=O)N2CCCC(C)C2)ccc1Cl. The molecular formula is C13H18ClNO2S. The smallest absolute Gasteiger partial charge is 0.207 e. The van der Waals surface area contributed by atoms with Crippen LogP contribution in [0.3, 0.4) is 0 Å². The maximum absolute atomic E-state index is 12.5. The molecule has 0 N–H and O–H groups in total. The number of sulfonamides is 1. The normalized spacial score (nSPS) is 22.1. The lowest BCUT2D eigenvalue weighted by atomic mass is 10.0. The molecule has 1 aromatic rings. The summed E-state index contributed by atoms with van der Waals surface area (Å²) < 4.78 is 26.5. The lowest BCUT2D eigenvalue weighted by Gasteiger charge is -2.30. The third-order valence-corrected chi connectivity index (χ3v) is 5.67. The Morgan fingerprint density at radius 1 is 1.39 bits per heavy atom. The zero-order chi connectivity index (χ0) is 13.3. The molecular weight excluding hydrogens is 270 g/mol. The summed E-state index contributed by atoms with van der Waals surface area (Å²) in [6.45, 7) is 5.15. The maximum atomic E-state index is 12.5. The van der Waals surface area contributed by atoms with Crippen LogP contribution in [-0.2, 0) is 10.0 Å². The summed E-state index contributed by atoms with van der Waals surface area (Å²) in [5.74, 6) is 0.432. The Bertz CT molecular complexity index is 542. The monoisotopic (exact) mass is 287 g/mol. The van der Waals surface area contributed by atoms with Gasteiger partial charge in [0.2, 0.25) is 10.0 Å². The van der Waals surface area contributed by atoms with Crippen molar-refractivity contribution >= 4 is 21.6 Å². The van der Waals surface area contributed by atoms with Crippen LogP contribution >= 0.6 is 11.6 Å². The number of rotatable bonds is 2. The average molecular weight is 288 g/mol. The summed E-state index contributed by atoms with van der Waals surface area (Å²) in [6, 6.07) is 4.89. The van der Waals surface area contributed by atoms with Crippen molar-refractivity contribution in [1.82, 2.24) is 4.31 Å². The highest BCUT2D eigenvalue weighted by Gasteiger charge is 2.28. The zero-order valence-corrected chi connectivity index (χ0v) is 12.3. The zero-order valence-electron chi connectivity index (χ0n) is 10.7. The molecule has 1 heterocycles. The third-order valence-electron chi connectivity index (χ3n) is 3.39. The van der Waals surface area contributed by atoms with Gasteiger partial charge in [-0.15, -0.1) is 0 Å². The summed E-state index contributed by atoms with van der Waals surface area (Å²) >= 11 is 5.93. The number of aryl methyl sites for hydroxylation is 1. The number of hydrogen-bond acceptors (Lipinski definition) is 2. The molecule has 2 rings (SSSR count). The summed E-state index contributed by atoms with van der Waals surface area (Å²) in [5.41, 5.74) is 0.794. The van der Waals surface area contributed by atoms with Crippen LogP contribution < -0.4 is 0 Å². The fraction of sp³-hybridized carbons (Fsp3) is 0.538. The van der Waals surface area contributed by atoms with Crippen molar-refractivity contribution in [3.8, 4) is 0 Å². The van der Waals surface area contributed by atoms with Gasteiger partial charge < -0.3 is 0 Å². The molecule has 1 aliphatic heterocycles. The molecule has 0 amide bonds. The van der Waals surface area contributed by atoms with Crippen LogP contribution in [0.15, 0.2) is 23.1 Å². The molecule has 0 aromatic heterocycles. The molecule has 0 radical (unpaired) electrons. The predicted octanol–water partition coefficient (Wildman–Crippen LogP) is 3.07. The first-order valence-electron chi connectivity index (χ1n) is 6.17. The minimum atomic E-state index is -3.36. The molecule has 0 spiro atoms. The molecule has 0 bridgehead atoms. The Morgan fingerprint density at radius 3 is 2.72 bits per heavy atom. The molecule has 100 valence electrons. The minimum Gasteiger partial charge on any atom is -0.207 e. The van der Waals surface area contributed by atoms with Crippen LogP contribution in [0.4, 0.5) is 0 Å². The molecule has 18 heavy (non-hydrogen) atoms. The highest BCUT2D eigenvalue weighted by molar-refractivity contribution is 7.89. The van der Waals surface area contributed by atoms with Crippen LogP contribution in [0.25, 0.3) is 0 Å². The topological polar surface area (TPSA) is 37.4 Å². The van der Waals surface area contributed by atoms with E-state index in [1.165, 1.54) is 0 Å². The van der Waals surface area contributed by atoms with Crippen LogP contribution in [0.5, 0.6) is 0 Å². The van der Waals surface area contributed by atoms with Gasteiger partial charge in [0.05, 0.1) is 4.90 Å². The van der Waals surface area contributed by atoms with Gasteiger partial charge in [-0.25, -0.2) is 8.42 Å². The van der Waals surface area contributed by atoms with Crippen molar-refractivity contribution in [3.63, 3.8) is 0 Å². The summed E-state index contributed by atoms with van der Waals surface area (Å²) in [7, 11) is -3.36. The van der Waals surface area contributed by atoms with Gasteiger partial charge in [-0.1, -0.05) is 18.5 Å². The van der Waals surface area contributed by atoms with E-state index in [0.717, 1.165) is 18.4 Å². The lowest BCUT2D eigenvalue weighted by Crippen LogP contribution is -2.39. The molecule has 1 aliphatic rings. The highest BCUT2D eigenvalue weighted by atomic mass is 35.5. The van der Waals surface area contributed by atoms with Crippen molar-refractivity contribution in [3.05, 3.63) is 28.8 Å². The second kappa shape index (κ2) is 5.19. The van der Waals surface area contributed by atoms with Crippen LogP contribution in [0.1, 0.15) is 25.3 Å². The second-order valence-corrected chi connectivity index (χ2v) is 7.37. The minimum absolute atomic E-state index is 0.346.